The zero-order valence-corrected chi connectivity index (χ0v) is 18.8. The molecule has 3 aliphatic rings. The fourth-order valence-electron chi connectivity index (χ4n) is 5.16. The number of aromatic nitrogens is 2. The van der Waals surface area contributed by atoms with E-state index >= 15 is 0 Å². The average Bonchev–Trinajstić information content (AvgIpc) is 3.45. The second-order valence-corrected chi connectivity index (χ2v) is 8.90. The Morgan fingerprint density at radius 1 is 1.16 bits per heavy atom. The molecule has 0 bridgehead atoms. The van der Waals surface area contributed by atoms with E-state index in [1.54, 1.807) is 7.11 Å². The first-order valence-electron chi connectivity index (χ1n) is 11.7. The lowest BCUT2D eigenvalue weighted by Crippen LogP contribution is -2.21. The number of aryl methyl sites for hydroxylation is 2. The lowest BCUT2D eigenvalue weighted by Gasteiger charge is -2.24. The fourth-order valence-corrected chi connectivity index (χ4v) is 5.16. The zero-order chi connectivity index (χ0) is 21.2. The van der Waals surface area contributed by atoms with Gasteiger partial charge in [-0.25, -0.2) is 0 Å². The summed E-state index contributed by atoms with van der Waals surface area (Å²) in [6, 6.07) is 6.66. The number of benzene rings is 1. The van der Waals surface area contributed by atoms with Crippen LogP contribution < -0.4 is 4.74 Å². The molecular formula is C26H33N3O2. The second kappa shape index (κ2) is 8.91. The van der Waals surface area contributed by atoms with Crippen molar-refractivity contribution < 1.29 is 9.47 Å². The van der Waals surface area contributed by atoms with Crippen LogP contribution in [0.4, 0.5) is 0 Å². The van der Waals surface area contributed by atoms with Crippen LogP contribution in [0.25, 0.3) is 11.3 Å². The Hall–Kier alpha value is -2.53. The highest BCUT2D eigenvalue weighted by Gasteiger charge is 2.27. The Morgan fingerprint density at radius 3 is 2.81 bits per heavy atom. The molecule has 164 valence electrons. The van der Waals surface area contributed by atoms with E-state index in [0.29, 0.717) is 0 Å². The lowest BCUT2D eigenvalue weighted by molar-refractivity contribution is 0.198. The molecule has 1 aromatic carbocycles. The maximum atomic E-state index is 6.03. The highest BCUT2D eigenvalue weighted by atomic mass is 16.5. The smallest absolute Gasteiger partial charge is 0.119 e. The molecule has 1 saturated heterocycles. The molecule has 0 radical (unpaired) electrons. The number of ether oxygens (including phenoxy) is 2. The van der Waals surface area contributed by atoms with Crippen molar-refractivity contribution in [3.05, 3.63) is 59.0 Å². The molecule has 1 aromatic heterocycles. The number of hydrogen-bond acceptors (Lipinski definition) is 4. The second-order valence-electron chi connectivity index (χ2n) is 8.90. The van der Waals surface area contributed by atoms with Crippen LogP contribution in [0, 0.1) is 6.92 Å². The first-order valence-corrected chi connectivity index (χ1v) is 11.7. The predicted octanol–water partition coefficient (Wildman–Crippen LogP) is 4.85. The summed E-state index contributed by atoms with van der Waals surface area (Å²) in [5.74, 6) is 1.93. The largest absolute Gasteiger partial charge is 0.497 e. The number of allylic oxidation sites excluding steroid dienone is 3. The van der Waals surface area contributed by atoms with Gasteiger partial charge in [-0.05, 0) is 94.5 Å². The molecule has 2 aliphatic carbocycles. The molecule has 31 heavy (non-hydrogen) atoms. The van der Waals surface area contributed by atoms with E-state index in [1.165, 1.54) is 48.3 Å². The van der Waals surface area contributed by atoms with Gasteiger partial charge in [0, 0.05) is 17.7 Å². The summed E-state index contributed by atoms with van der Waals surface area (Å²) in [6.07, 6.45) is 13.4. The van der Waals surface area contributed by atoms with Crippen LogP contribution in [0.5, 0.6) is 5.75 Å². The molecule has 0 saturated carbocycles. The number of rotatable bonds is 7. The van der Waals surface area contributed by atoms with Gasteiger partial charge >= 0.3 is 0 Å². The molecular weight excluding hydrogens is 386 g/mol. The number of nitrogens with zero attached hydrogens (tertiary/aromatic N) is 3. The van der Waals surface area contributed by atoms with Gasteiger partial charge in [-0.3, -0.25) is 4.68 Å². The standard InChI is InChI=1S/C26H33N3O2/c1-19-24-12-6-20-18-23(30-2)11-13-25(20)26(24)29(27-19)21-7-9-22(10-8-21)31-17-5-16-28-14-3-4-15-28/h7,9-11,13,18,21H,3-6,8,12,14-17H2,1-2H3. The summed E-state index contributed by atoms with van der Waals surface area (Å²) in [7, 11) is 1.73. The number of hydrogen-bond donors (Lipinski definition) is 0. The monoisotopic (exact) mass is 419 g/mol. The quantitative estimate of drug-likeness (QED) is 0.601. The Labute approximate surface area is 185 Å². The van der Waals surface area contributed by atoms with Gasteiger partial charge in [0.15, 0.2) is 0 Å². The molecule has 1 atom stereocenters. The minimum Gasteiger partial charge on any atom is -0.497 e. The third-order valence-electron chi connectivity index (χ3n) is 6.86. The van der Waals surface area contributed by atoms with E-state index in [9.17, 15) is 0 Å². The SMILES string of the molecule is COc1ccc2c(c1)CCc1c(C)nn(C3C=CC(OCCCN4CCCC4)=CC3)c1-2. The van der Waals surface area contributed by atoms with Crippen LogP contribution in [0.3, 0.4) is 0 Å². The minimum absolute atomic E-state index is 0.229. The van der Waals surface area contributed by atoms with Gasteiger partial charge in [0.2, 0.25) is 0 Å². The molecule has 1 fully saturated rings. The summed E-state index contributed by atoms with van der Waals surface area (Å²) in [4.78, 5) is 2.54. The first kappa shape index (κ1) is 20.4. The maximum Gasteiger partial charge on any atom is 0.119 e. The van der Waals surface area contributed by atoms with E-state index in [0.717, 1.165) is 56.0 Å². The van der Waals surface area contributed by atoms with Crippen molar-refractivity contribution >= 4 is 0 Å². The van der Waals surface area contributed by atoms with E-state index in [4.69, 9.17) is 14.6 Å². The first-order chi connectivity index (χ1) is 15.2. The normalized spacial score (nSPS) is 20.3. The van der Waals surface area contributed by atoms with Gasteiger partial charge in [-0.1, -0.05) is 6.08 Å². The van der Waals surface area contributed by atoms with Crippen molar-refractivity contribution in [2.75, 3.05) is 33.4 Å². The molecule has 0 N–H and O–H groups in total. The van der Waals surface area contributed by atoms with Crippen LogP contribution >= 0.6 is 0 Å². The van der Waals surface area contributed by atoms with Crippen molar-refractivity contribution in [1.82, 2.24) is 14.7 Å². The Balaban J connectivity index is 1.26. The van der Waals surface area contributed by atoms with Crippen LogP contribution in [0.2, 0.25) is 0 Å². The van der Waals surface area contributed by atoms with Gasteiger partial charge < -0.3 is 14.4 Å². The summed E-state index contributed by atoms with van der Waals surface area (Å²) in [6.45, 7) is 6.61. The van der Waals surface area contributed by atoms with Gasteiger partial charge in [-0.15, -0.1) is 0 Å². The molecule has 1 aliphatic heterocycles. The van der Waals surface area contributed by atoms with E-state index in [1.807, 2.05) is 0 Å². The summed E-state index contributed by atoms with van der Waals surface area (Å²) in [5.41, 5.74) is 6.46. The summed E-state index contributed by atoms with van der Waals surface area (Å²) >= 11 is 0. The molecule has 0 spiro atoms. The highest BCUT2D eigenvalue weighted by molar-refractivity contribution is 5.72. The van der Waals surface area contributed by atoms with Crippen molar-refractivity contribution in [2.24, 2.45) is 0 Å². The van der Waals surface area contributed by atoms with Gasteiger partial charge in [0.05, 0.1) is 31.1 Å². The van der Waals surface area contributed by atoms with Crippen LogP contribution in [0.15, 0.2) is 42.2 Å². The molecule has 5 rings (SSSR count). The molecule has 2 heterocycles. The topological polar surface area (TPSA) is 39.5 Å². The van der Waals surface area contributed by atoms with E-state index < -0.39 is 0 Å². The third kappa shape index (κ3) is 4.16. The van der Waals surface area contributed by atoms with Gasteiger partial charge in [0.25, 0.3) is 0 Å². The fraction of sp³-hybridized carbons (Fsp3) is 0.500. The third-order valence-corrected chi connectivity index (χ3v) is 6.86. The van der Waals surface area contributed by atoms with Crippen molar-refractivity contribution in [2.45, 2.75) is 51.5 Å². The van der Waals surface area contributed by atoms with Crippen molar-refractivity contribution in [1.29, 1.82) is 0 Å². The number of fused-ring (bicyclic) bond motifs is 3. The van der Waals surface area contributed by atoms with E-state index in [-0.39, 0.29) is 6.04 Å². The van der Waals surface area contributed by atoms with Crippen LogP contribution in [-0.4, -0.2) is 48.0 Å². The van der Waals surface area contributed by atoms with Gasteiger partial charge in [0.1, 0.15) is 11.5 Å². The average molecular weight is 420 g/mol. The molecule has 5 nitrogen and oxygen atoms in total. The summed E-state index contributed by atoms with van der Waals surface area (Å²) in [5, 5.41) is 4.96. The Bertz CT molecular complexity index is 998. The van der Waals surface area contributed by atoms with Crippen LogP contribution in [0.1, 0.15) is 48.5 Å². The minimum atomic E-state index is 0.229. The maximum absolute atomic E-state index is 6.03. The zero-order valence-electron chi connectivity index (χ0n) is 18.8. The van der Waals surface area contributed by atoms with Crippen LogP contribution in [-0.2, 0) is 17.6 Å². The van der Waals surface area contributed by atoms with Gasteiger partial charge in [-0.2, -0.15) is 5.10 Å². The van der Waals surface area contributed by atoms with Crippen molar-refractivity contribution in [3.8, 4) is 17.0 Å². The van der Waals surface area contributed by atoms with E-state index in [2.05, 4.69) is 52.9 Å². The molecule has 0 amide bonds. The lowest BCUT2D eigenvalue weighted by atomic mass is 9.88. The molecule has 5 heteroatoms. The molecule has 1 unspecified atom stereocenters. The Morgan fingerprint density at radius 2 is 2.03 bits per heavy atom. The number of methoxy groups -OCH3 is 1. The van der Waals surface area contributed by atoms with Crippen molar-refractivity contribution in [3.63, 3.8) is 0 Å². The summed E-state index contributed by atoms with van der Waals surface area (Å²) < 4.78 is 13.7. The highest BCUT2D eigenvalue weighted by Crippen LogP contribution is 2.39. The number of likely N-dealkylation sites (tertiary alicyclic amines) is 1. The Kier molecular flexibility index (Phi) is 5.86. The molecule has 2 aromatic rings. The predicted molar refractivity (Wildman–Crippen MR) is 123 cm³/mol.